The number of amides is 1. The highest BCUT2D eigenvalue weighted by atomic mass is 32.1. The maximum atomic E-state index is 13.3. The van der Waals surface area contributed by atoms with Gasteiger partial charge in [0.2, 0.25) is 5.91 Å². The molecule has 1 N–H and O–H groups in total. The molecule has 8 nitrogen and oxygen atoms in total. The largest absolute Gasteiger partial charge is 0.497 e. The predicted molar refractivity (Wildman–Crippen MR) is 129 cm³/mol. The van der Waals surface area contributed by atoms with Crippen LogP contribution < -0.4 is 26.0 Å². The number of rotatable bonds is 7. The van der Waals surface area contributed by atoms with Crippen molar-refractivity contribution < 1.29 is 14.3 Å². The van der Waals surface area contributed by atoms with Gasteiger partial charge in [0.15, 0.2) is 0 Å². The van der Waals surface area contributed by atoms with Crippen molar-refractivity contribution in [1.29, 1.82) is 0 Å². The fourth-order valence-electron chi connectivity index (χ4n) is 3.59. The number of thiophene rings is 1. The summed E-state index contributed by atoms with van der Waals surface area (Å²) in [6.07, 6.45) is 0. The number of aryl methyl sites for hydroxylation is 1. The molecule has 1 amide bonds. The van der Waals surface area contributed by atoms with Crippen LogP contribution in [0.25, 0.3) is 10.2 Å². The molecule has 9 heteroatoms. The second-order valence-electron chi connectivity index (χ2n) is 7.49. The smallest absolute Gasteiger partial charge is 0.332 e. The fourth-order valence-corrected chi connectivity index (χ4v) is 4.43. The van der Waals surface area contributed by atoms with E-state index in [1.807, 2.05) is 13.0 Å². The Balaban J connectivity index is 1.69. The second kappa shape index (κ2) is 9.33. The van der Waals surface area contributed by atoms with Crippen LogP contribution >= 0.6 is 11.3 Å². The van der Waals surface area contributed by atoms with Crippen molar-refractivity contribution in [2.75, 3.05) is 19.5 Å². The van der Waals surface area contributed by atoms with Gasteiger partial charge in [-0.05, 0) is 53.8 Å². The van der Waals surface area contributed by atoms with Gasteiger partial charge in [0, 0.05) is 0 Å². The van der Waals surface area contributed by atoms with Gasteiger partial charge in [0.1, 0.15) is 22.7 Å². The van der Waals surface area contributed by atoms with Crippen LogP contribution in [0.1, 0.15) is 11.1 Å². The predicted octanol–water partition coefficient (Wildman–Crippen LogP) is 3.24. The van der Waals surface area contributed by atoms with Crippen molar-refractivity contribution in [2.24, 2.45) is 0 Å². The number of ether oxygens (including phenoxy) is 2. The third-order valence-electron chi connectivity index (χ3n) is 5.27. The first-order valence-electron chi connectivity index (χ1n) is 10.2. The lowest BCUT2D eigenvalue weighted by Gasteiger charge is -2.14. The Kier molecular flexibility index (Phi) is 6.32. The molecule has 0 aliphatic rings. The average molecular weight is 466 g/mol. The molecular formula is C24H23N3O5S. The Morgan fingerprint density at radius 1 is 1.00 bits per heavy atom. The minimum absolute atomic E-state index is 0.0861. The first kappa shape index (κ1) is 22.3. The van der Waals surface area contributed by atoms with Crippen LogP contribution in [0.15, 0.2) is 63.5 Å². The minimum Gasteiger partial charge on any atom is -0.497 e. The van der Waals surface area contributed by atoms with Crippen molar-refractivity contribution >= 4 is 33.1 Å². The Labute approximate surface area is 193 Å². The number of nitrogens with zero attached hydrogens (tertiary/aromatic N) is 2. The van der Waals surface area contributed by atoms with Gasteiger partial charge in [-0.1, -0.05) is 18.2 Å². The van der Waals surface area contributed by atoms with Gasteiger partial charge in [0.05, 0.1) is 32.0 Å². The van der Waals surface area contributed by atoms with E-state index >= 15 is 0 Å². The maximum absolute atomic E-state index is 13.3. The zero-order valence-electron chi connectivity index (χ0n) is 18.5. The average Bonchev–Trinajstić information content (AvgIpc) is 3.30. The Hall–Kier alpha value is -3.85. The number of anilines is 1. The van der Waals surface area contributed by atoms with E-state index in [4.69, 9.17) is 9.47 Å². The van der Waals surface area contributed by atoms with Crippen molar-refractivity contribution in [3.63, 3.8) is 0 Å². The van der Waals surface area contributed by atoms with Crippen molar-refractivity contribution in [1.82, 2.24) is 9.13 Å². The zero-order chi connectivity index (χ0) is 23.5. The van der Waals surface area contributed by atoms with E-state index in [0.29, 0.717) is 27.4 Å². The quantitative estimate of drug-likeness (QED) is 0.453. The van der Waals surface area contributed by atoms with Gasteiger partial charge in [-0.2, -0.15) is 0 Å². The highest BCUT2D eigenvalue weighted by Gasteiger charge is 2.17. The summed E-state index contributed by atoms with van der Waals surface area (Å²) in [5.74, 6) is 0.801. The number of benzene rings is 2. The highest BCUT2D eigenvalue weighted by Crippen LogP contribution is 2.25. The van der Waals surface area contributed by atoms with Crippen LogP contribution in [0.4, 0.5) is 5.69 Å². The number of hydrogen-bond acceptors (Lipinski definition) is 6. The summed E-state index contributed by atoms with van der Waals surface area (Å²) >= 11 is 1.24. The summed E-state index contributed by atoms with van der Waals surface area (Å²) in [4.78, 5) is 39.2. The molecule has 0 unspecified atom stereocenters. The number of methoxy groups -OCH3 is 2. The van der Waals surface area contributed by atoms with Gasteiger partial charge < -0.3 is 14.8 Å². The van der Waals surface area contributed by atoms with Crippen LogP contribution in [-0.4, -0.2) is 29.3 Å². The van der Waals surface area contributed by atoms with Gasteiger partial charge in [-0.3, -0.25) is 18.7 Å². The zero-order valence-corrected chi connectivity index (χ0v) is 19.3. The number of carbonyl (C=O) groups excluding carboxylic acids is 1. The molecule has 4 aromatic rings. The first-order valence-corrected chi connectivity index (χ1v) is 11.1. The van der Waals surface area contributed by atoms with Crippen LogP contribution in [0.2, 0.25) is 0 Å². The molecule has 33 heavy (non-hydrogen) atoms. The van der Waals surface area contributed by atoms with Crippen LogP contribution in [0, 0.1) is 6.92 Å². The van der Waals surface area contributed by atoms with E-state index in [1.165, 1.54) is 23.0 Å². The molecule has 4 rings (SSSR count). The summed E-state index contributed by atoms with van der Waals surface area (Å²) < 4.78 is 13.4. The van der Waals surface area contributed by atoms with E-state index in [9.17, 15) is 14.4 Å². The molecule has 0 saturated heterocycles. The molecule has 0 radical (unpaired) electrons. The molecule has 0 bridgehead atoms. The van der Waals surface area contributed by atoms with E-state index in [2.05, 4.69) is 5.32 Å². The maximum Gasteiger partial charge on any atom is 0.332 e. The normalized spacial score (nSPS) is 10.9. The number of carbonyl (C=O) groups is 1. The van der Waals surface area contributed by atoms with Crippen molar-refractivity contribution in [2.45, 2.75) is 20.0 Å². The topological polar surface area (TPSA) is 91.6 Å². The Morgan fingerprint density at radius 2 is 1.76 bits per heavy atom. The molecular weight excluding hydrogens is 442 g/mol. The molecule has 0 aliphatic carbocycles. The lowest BCUT2D eigenvalue weighted by molar-refractivity contribution is -0.116. The first-order chi connectivity index (χ1) is 15.9. The number of hydrogen-bond donors (Lipinski definition) is 1. The van der Waals surface area contributed by atoms with Crippen LogP contribution in [0.5, 0.6) is 11.5 Å². The lowest BCUT2D eigenvalue weighted by atomic mass is 10.2. The molecule has 0 atom stereocenters. The molecule has 2 aromatic heterocycles. The van der Waals surface area contributed by atoms with Gasteiger partial charge in [-0.15, -0.1) is 11.3 Å². The molecule has 0 aliphatic heterocycles. The summed E-state index contributed by atoms with van der Waals surface area (Å²) in [6.45, 7) is 1.75. The third kappa shape index (κ3) is 4.54. The summed E-state index contributed by atoms with van der Waals surface area (Å²) in [7, 11) is 3.09. The lowest BCUT2D eigenvalue weighted by Crippen LogP contribution is -2.41. The molecule has 0 saturated carbocycles. The number of fused-ring (bicyclic) bond motifs is 1. The molecule has 0 spiro atoms. The Bertz CT molecular complexity index is 1430. The van der Waals surface area contributed by atoms with Gasteiger partial charge in [0.25, 0.3) is 5.56 Å². The number of aromatic nitrogens is 2. The van der Waals surface area contributed by atoms with Gasteiger partial charge >= 0.3 is 5.69 Å². The SMILES string of the molecule is COc1ccc(Cn2c(=O)c3sccc3n(CC(=O)Nc3cc(C)ccc3OC)c2=O)cc1. The van der Waals surface area contributed by atoms with Crippen LogP contribution in [-0.2, 0) is 17.9 Å². The van der Waals surface area contributed by atoms with E-state index in [1.54, 1.807) is 55.0 Å². The minimum atomic E-state index is -0.548. The second-order valence-corrected chi connectivity index (χ2v) is 8.41. The highest BCUT2D eigenvalue weighted by molar-refractivity contribution is 7.17. The Morgan fingerprint density at radius 3 is 2.45 bits per heavy atom. The summed E-state index contributed by atoms with van der Waals surface area (Å²) in [5.41, 5.74) is 1.75. The van der Waals surface area contributed by atoms with Crippen molar-refractivity contribution in [3.8, 4) is 11.5 Å². The molecule has 2 heterocycles. The monoisotopic (exact) mass is 465 g/mol. The number of nitrogens with one attached hydrogen (secondary N) is 1. The molecule has 2 aromatic carbocycles. The molecule has 170 valence electrons. The fraction of sp³-hybridized carbons (Fsp3) is 0.208. The van der Waals surface area contributed by atoms with Crippen LogP contribution in [0.3, 0.4) is 0 Å². The van der Waals surface area contributed by atoms with E-state index < -0.39 is 11.6 Å². The van der Waals surface area contributed by atoms with E-state index in [-0.39, 0.29) is 18.6 Å². The van der Waals surface area contributed by atoms with Gasteiger partial charge in [-0.25, -0.2) is 4.79 Å². The standard InChI is InChI=1S/C24H23N3O5S/c1-15-4-9-20(32-3)18(12-15)25-21(28)14-26-19-10-11-33-22(19)23(29)27(24(26)30)13-16-5-7-17(31-2)8-6-16/h4-12H,13-14H2,1-3H3,(H,25,28). The summed E-state index contributed by atoms with van der Waals surface area (Å²) in [5, 5.41) is 4.55. The van der Waals surface area contributed by atoms with Crippen molar-refractivity contribution in [3.05, 3.63) is 85.9 Å². The van der Waals surface area contributed by atoms with E-state index in [0.717, 1.165) is 15.7 Å². The third-order valence-corrected chi connectivity index (χ3v) is 6.16. The summed E-state index contributed by atoms with van der Waals surface area (Å²) in [6, 6.07) is 14.3. The molecule has 0 fully saturated rings.